The summed E-state index contributed by atoms with van der Waals surface area (Å²) in [6, 6.07) is 11.1. The number of para-hydroxylation sites is 1. The van der Waals surface area contributed by atoms with Gasteiger partial charge in [0.1, 0.15) is 5.82 Å². The highest BCUT2D eigenvalue weighted by molar-refractivity contribution is 5.81. The van der Waals surface area contributed by atoms with Gasteiger partial charge in [0.15, 0.2) is 0 Å². The summed E-state index contributed by atoms with van der Waals surface area (Å²) in [4.78, 5) is 11.7. The molecule has 3 nitrogen and oxygen atoms in total. The molecule has 0 aliphatic rings. The van der Waals surface area contributed by atoms with Gasteiger partial charge in [-0.1, -0.05) is 30.3 Å². The Bertz CT molecular complexity index is 701. The number of benzene rings is 2. The Hall–Kier alpha value is -2.57. The molecule has 0 unspecified atom stereocenters. The molecule has 2 N–H and O–H groups in total. The predicted octanol–water partition coefficient (Wildman–Crippen LogP) is 3.62. The summed E-state index contributed by atoms with van der Waals surface area (Å²) in [5.74, 6) is -0.827. The zero-order valence-electron chi connectivity index (χ0n) is 12.7. The summed E-state index contributed by atoms with van der Waals surface area (Å²) < 4.78 is 51.9. The normalized spacial score (nSPS) is 11.2. The Morgan fingerprint density at radius 3 is 2.38 bits per heavy atom. The third-order valence-electron chi connectivity index (χ3n) is 3.35. The summed E-state index contributed by atoms with van der Waals surface area (Å²) in [5, 5.41) is 5.01. The van der Waals surface area contributed by atoms with Crippen LogP contribution in [0, 0.1) is 5.82 Å². The van der Waals surface area contributed by atoms with E-state index < -0.39 is 17.6 Å². The van der Waals surface area contributed by atoms with Crippen LogP contribution in [0.25, 0.3) is 0 Å². The van der Waals surface area contributed by atoms with Gasteiger partial charge in [0.25, 0.3) is 0 Å². The largest absolute Gasteiger partial charge is 0.418 e. The minimum atomic E-state index is -4.50. The fourth-order valence-corrected chi connectivity index (χ4v) is 2.16. The molecule has 0 aromatic heterocycles. The van der Waals surface area contributed by atoms with E-state index >= 15 is 0 Å². The molecular formula is C17H16F4N2O. The van der Waals surface area contributed by atoms with E-state index in [9.17, 15) is 22.4 Å². The number of hydrogen-bond donors (Lipinski definition) is 2. The highest BCUT2D eigenvalue weighted by atomic mass is 19.4. The monoisotopic (exact) mass is 340 g/mol. The molecule has 0 aliphatic heterocycles. The van der Waals surface area contributed by atoms with Gasteiger partial charge in [0.05, 0.1) is 12.1 Å². The SMILES string of the molecule is O=C(CNc1ccccc1C(F)(F)F)NCCc1ccccc1F. The number of alkyl halides is 3. The van der Waals surface area contributed by atoms with Crippen molar-refractivity contribution in [1.29, 1.82) is 0 Å². The predicted molar refractivity (Wildman–Crippen MR) is 83.0 cm³/mol. The second-order valence-corrected chi connectivity index (χ2v) is 5.09. The molecule has 2 aromatic carbocycles. The van der Waals surface area contributed by atoms with E-state index in [1.165, 1.54) is 24.3 Å². The van der Waals surface area contributed by atoms with Crippen molar-refractivity contribution < 1.29 is 22.4 Å². The molecule has 0 aliphatic carbocycles. The van der Waals surface area contributed by atoms with E-state index in [1.807, 2.05) is 0 Å². The number of halogens is 4. The topological polar surface area (TPSA) is 41.1 Å². The highest BCUT2D eigenvalue weighted by Crippen LogP contribution is 2.34. The molecular weight excluding hydrogens is 324 g/mol. The van der Waals surface area contributed by atoms with E-state index in [0.717, 1.165) is 6.07 Å². The Kier molecular flexibility index (Phi) is 5.78. The summed E-state index contributed by atoms with van der Waals surface area (Å²) in [6.45, 7) is -0.104. The molecule has 0 saturated heterocycles. The van der Waals surface area contributed by atoms with Gasteiger partial charge in [-0.25, -0.2) is 4.39 Å². The number of nitrogens with one attached hydrogen (secondary N) is 2. The molecule has 7 heteroatoms. The fourth-order valence-electron chi connectivity index (χ4n) is 2.16. The number of hydrogen-bond acceptors (Lipinski definition) is 2. The van der Waals surface area contributed by atoms with Crippen molar-refractivity contribution >= 4 is 11.6 Å². The standard InChI is InChI=1S/C17H16F4N2O/c18-14-7-3-1-5-12(14)9-10-22-16(24)11-23-15-8-4-2-6-13(15)17(19,20)21/h1-8,23H,9-11H2,(H,22,24). The molecule has 0 bridgehead atoms. The van der Waals surface area contributed by atoms with Crippen LogP contribution in [0.15, 0.2) is 48.5 Å². The van der Waals surface area contributed by atoms with E-state index in [1.54, 1.807) is 18.2 Å². The number of carbonyl (C=O) groups excluding carboxylic acids is 1. The Labute approximate surface area is 136 Å². The minimum absolute atomic E-state index is 0.158. The molecule has 128 valence electrons. The summed E-state index contributed by atoms with van der Waals surface area (Å²) >= 11 is 0. The molecule has 0 saturated carbocycles. The van der Waals surface area contributed by atoms with Crippen molar-refractivity contribution in [2.75, 3.05) is 18.4 Å². The molecule has 0 heterocycles. The smallest absolute Gasteiger partial charge is 0.376 e. The van der Waals surface area contributed by atoms with Gasteiger partial charge >= 0.3 is 6.18 Å². The van der Waals surface area contributed by atoms with Gasteiger partial charge in [0, 0.05) is 12.2 Å². The number of anilines is 1. The van der Waals surface area contributed by atoms with Crippen LogP contribution in [0.1, 0.15) is 11.1 Å². The van der Waals surface area contributed by atoms with Crippen LogP contribution in [0.3, 0.4) is 0 Å². The van der Waals surface area contributed by atoms with Gasteiger partial charge < -0.3 is 10.6 Å². The second kappa shape index (κ2) is 7.81. The van der Waals surface area contributed by atoms with Crippen molar-refractivity contribution in [3.8, 4) is 0 Å². The average molecular weight is 340 g/mol. The van der Waals surface area contributed by atoms with Crippen LogP contribution < -0.4 is 10.6 Å². The van der Waals surface area contributed by atoms with Crippen LogP contribution in [0.5, 0.6) is 0 Å². The van der Waals surface area contributed by atoms with Crippen molar-refractivity contribution in [1.82, 2.24) is 5.32 Å². The third kappa shape index (κ3) is 4.97. The van der Waals surface area contributed by atoms with Crippen molar-refractivity contribution in [3.63, 3.8) is 0 Å². The summed E-state index contributed by atoms with van der Waals surface area (Å²) in [5.41, 5.74) is -0.522. The quantitative estimate of drug-likeness (QED) is 0.789. The first-order valence-corrected chi connectivity index (χ1v) is 7.28. The zero-order valence-corrected chi connectivity index (χ0v) is 12.7. The van der Waals surface area contributed by atoms with Crippen LogP contribution in [-0.4, -0.2) is 19.0 Å². The summed E-state index contributed by atoms with van der Waals surface area (Å²) in [7, 11) is 0. The van der Waals surface area contributed by atoms with Gasteiger partial charge in [-0.2, -0.15) is 13.2 Å². The Morgan fingerprint density at radius 1 is 1.00 bits per heavy atom. The second-order valence-electron chi connectivity index (χ2n) is 5.09. The molecule has 0 fully saturated rings. The maximum atomic E-state index is 13.4. The number of carbonyl (C=O) groups is 1. The molecule has 0 radical (unpaired) electrons. The zero-order chi connectivity index (χ0) is 17.6. The van der Waals surface area contributed by atoms with Gasteiger partial charge in [0.2, 0.25) is 5.91 Å². The first-order valence-electron chi connectivity index (χ1n) is 7.28. The lowest BCUT2D eigenvalue weighted by Gasteiger charge is -2.14. The van der Waals surface area contributed by atoms with Crippen LogP contribution in [-0.2, 0) is 17.4 Å². The molecule has 1 amide bonds. The molecule has 24 heavy (non-hydrogen) atoms. The Balaban J connectivity index is 1.83. The van der Waals surface area contributed by atoms with Crippen LogP contribution >= 0.6 is 0 Å². The van der Waals surface area contributed by atoms with E-state index in [2.05, 4.69) is 10.6 Å². The van der Waals surface area contributed by atoms with Crippen molar-refractivity contribution in [3.05, 3.63) is 65.5 Å². The average Bonchev–Trinajstić information content (AvgIpc) is 2.54. The minimum Gasteiger partial charge on any atom is -0.376 e. The maximum Gasteiger partial charge on any atom is 0.418 e. The maximum absolute atomic E-state index is 13.4. The fraction of sp³-hybridized carbons (Fsp3) is 0.235. The highest BCUT2D eigenvalue weighted by Gasteiger charge is 2.33. The lowest BCUT2D eigenvalue weighted by Crippen LogP contribution is -2.32. The van der Waals surface area contributed by atoms with E-state index in [-0.39, 0.29) is 24.6 Å². The van der Waals surface area contributed by atoms with Gasteiger partial charge in [-0.15, -0.1) is 0 Å². The number of amides is 1. The molecule has 2 rings (SSSR count). The Morgan fingerprint density at radius 2 is 1.67 bits per heavy atom. The first-order chi connectivity index (χ1) is 11.4. The van der Waals surface area contributed by atoms with Crippen molar-refractivity contribution in [2.24, 2.45) is 0 Å². The van der Waals surface area contributed by atoms with E-state index in [0.29, 0.717) is 12.0 Å². The van der Waals surface area contributed by atoms with Crippen molar-refractivity contribution in [2.45, 2.75) is 12.6 Å². The lowest BCUT2D eigenvalue weighted by molar-refractivity contribution is -0.137. The van der Waals surface area contributed by atoms with Crippen LogP contribution in [0.4, 0.5) is 23.2 Å². The first kappa shape index (κ1) is 17.8. The summed E-state index contributed by atoms with van der Waals surface area (Å²) in [6.07, 6.45) is -4.19. The molecule has 0 spiro atoms. The lowest BCUT2D eigenvalue weighted by atomic mass is 10.1. The molecule has 2 aromatic rings. The molecule has 0 atom stereocenters. The third-order valence-corrected chi connectivity index (χ3v) is 3.35. The van der Waals surface area contributed by atoms with Crippen LogP contribution in [0.2, 0.25) is 0 Å². The van der Waals surface area contributed by atoms with Gasteiger partial charge in [-0.3, -0.25) is 4.79 Å². The van der Waals surface area contributed by atoms with Gasteiger partial charge in [-0.05, 0) is 30.2 Å². The number of rotatable bonds is 6. The van der Waals surface area contributed by atoms with E-state index in [4.69, 9.17) is 0 Å².